The number of benzene rings is 1. The van der Waals surface area contributed by atoms with E-state index in [4.69, 9.17) is 4.98 Å². The maximum atomic E-state index is 13.5. The lowest BCUT2D eigenvalue weighted by Crippen LogP contribution is -2.29. The van der Waals surface area contributed by atoms with Crippen molar-refractivity contribution in [1.29, 1.82) is 0 Å². The van der Waals surface area contributed by atoms with Crippen molar-refractivity contribution in [2.75, 3.05) is 31.8 Å². The number of rotatable bonds is 7. The highest BCUT2D eigenvalue weighted by atomic mass is 32.2. The molecule has 4 rings (SSSR count). The summed E-state index contributed by atoms with van der Waals surface area (Å²) in [5.41, 5.74) is 3.31. The first-order chi connectivity index (χ1) is 15.8. The molecule has 33 heavy (non-hydrogen) atoms. The average molecular weight is 485 g/mol. The van der Waals surface area contributed by atoms with Crippen LogP contribution >= 0.6 is 23.1 Å². The highest BCUT2D eigenvalue weighted by molar-refractivity contribution is 7.99. The molecule has 0 saturated heterocycles. The zero-order valence-electron chi connectivity index (χ0n) is 20.1. The Labute approximate surface area is 203 Å². The minimum Gasteiger partial charge on any atom is -0.378 e. The largest absolute Gasteiger partial charge is 0.378 e. The van der Waals surface area contributed by atoms with Gasteiger partial charge in [0.1, 0.15) is 4.83 Å². The minimum absolute atomic E-state index is 0.0301. The quantitative estimate of drug-likeness (QED) is 0.349. The number of aryl methyl sites for hydroxylation is 2. The van der Waals surface area contributed by atoms with Gasteiger partial charge in [0.15, 0.2) is 5.16 Å². The zero-order valence-corrected chi connectivity index (χ0v) is 21.7. The molecular weight excluding hydrogens is 452 g/mol. The van der Waals surface area contributed by atoms with Gasteiger partial charge in [-0.05, 0) is 49.9 Å². The molecule has 0 atom stereocenters. The molecule has 1 fully saturated rings. The fourth-order valence-electron chi connectivity index (χ4n) is 4.37. The third-order valence-corrected chi connectivity index (χ3v) is 8.55. The van der Waals surface area contributed by atoms with E-state index in [0.717, 1.165) is 57.6 Å². The van der Waals surface area contributed by atoms with Gasteiger partial charge in [0.05, 0.1) is 11.1 Å². The van der Waals surface area contributed by atoms with Gasteiger partial charge in [-0.25, -0.2) is 4.98 Å². The molecule has 1 aromatic carbocycles. The van der Waals surface area contributed by atoms with Gasteiger partial charge in [-0.15, -0.1) is 11.3 Å². The van der Waals surface area contributed by atoms with E-state index >= 15 is 0 Å². The van der Waals surface area contributed by atoms with Gasteiger partial charge < -0.3 is 9.80 Å². The van der Waals surface area contributed by atoms with E-state index in [1.807, 2.05) is 39.6 Å². The predicted molar refractivity (Wildman–Crippen MR) is 139 cm³/mol. The molecule has 8 heteroatoms. The van der Waals surface area contributed by atoms with E-state index < -0.39 is 0 Å². The van der Waals surface area contributed by atoms with Crippen LogP contribution in [0.5, 0.6) is 0 Å². The van der Waals surface area contributed by atoms with Crippen LogP contribution in [0.3, 0.4) is 0 Å². The number of aromatic nitrogens is 2. The molecule has 6 nitrogen and oxygen atoms in total. The van der Waals surface area contributed by atoms with Gasteiger partial charge in [0.2, 0.25) is 5.91 Å². The first-order valence-corrected chi connectivity index (χ1v) is 13.2. The summed E-state index contributed by atoms with van der Waals surface area (Å²) in [6, 6.07) is 8.42. The predicted octanol–water partition coefficient (Wildman–Crippen LogP) is 5.01. The lowest BCUT2D eigenvalue weighted by molar-refractivity contribution is -0.127. The molecule has 1 aliphatic carbocycles. The van der Waals surface area contributed by atoms with Gasteiger partial charge in [-0.1, -0.05) is 36.7 Å². The fourth-order valence-corrected chi connectivity index (χ4v) is 6.45. The molecule has 176 valence electrons. The topological polar surface area (TPSA) is 58.4 Å². The first-order valence-electron chi connectivity index (χ1n) is 11.4. The second kappa shape index (κ2) is 9.89. The van der Waals surface area contributed by atoms with E-state index in [2.05, 4.69) is 29.2 Å². The van der Waals surface area contributed by atoms with Crippen molar-refractivity contribution in [3.63, 3.8) is 0 Å². The molecule has 3 aromatic rings. The molecule has 0 spiro atoms. The number of carbonyl (C=O) groups is 1. The highest BCUT2D eigenvalue weighted by Gasteiger charge is 2.25. The molecule has 0 bridgehead atoms. The summed E-state index contributed by atoms with van der Waals surface area (Å²) in [6.07, 6.45) is 4.27. The van der Waals surface area contributed by atoms with Crippen molar-refractivity contribution < 1.29 is 4.79 Å². The Morgan fingerprint density at radius 2 is 1.82 bits per heavy atom. The number of nitrogens with zero attached hydrogens (tertiary/aromatic N) is 4. The number of hydrogen-bond donors (Lipinski definition) is 0. The number of hydrogen-bond acceptors (Lipinski definition) is 6. The molecule has 2 heterocycles. The van der Waals surface area contributed by atoms with Gasteiger partial charge in [-0.3, -0.25) is 14.2 Å². The number of amides is 1. The maximum absolute atomic E-state index is 13.5. The van der Waals surface area contributed by atoms with Gasteiger partial charge >= 0.3 is 0 Å². The monoisotopic (exact) mass is 484 g/mol. The number of fused-ring (bicyclic) bond motifs is 1. The highest BCUT2D eigenvalue weighted by Crippen LogP contribution is 2.34. The van der Waals surface area contributed by atoms with Crippen LogP contribution in [0.2, 0.25) is 0 Å². The maximum Gasteiger partial charge on any atom is 0.263 e. The minimum atomic E-state index is 0.0301. The van der Waals surface area contributed by atoms with Gasteiger partial charge in [0.25, 0.3) is 5.56 Å². The summed E-state index contributed by atoms with van der Waals surface area (Å²) < 4.78 is 1.88. The lowest BCUT2D eigenvalue weighted by atomic mass is 10.2. The van der Waals surface area contributed by atoms with Crippen LogP contribution in [0, 0.1) is 13.8 Å². The molecule has 0 unspecified atom stereocenters. The van der Waals surface area contributed by atoms with Crippen LogP contribution in [-0.2, 0) is 11.3 Å². The molecule has 0 aliphatic heterocycles. The Balaban J connectivity index is 1.52. The Morgan fingerprint density at radius 3 is 2.45 bits per heavy atom. The Hall–Kier alpha value is -2.32. The number of anilines is 1. The third-order valence-electron chi connectivity index (χ3n) is 6.52. The van der Waals surface area contributed by atoms with E-state index in [1.165, 1.54) is 11.8 Å². The van der Waals surface area contributed by atoms with Crippen molar-refractivity contribution in [2.45, 2.75) is 57.3 Å². The second-order valence-electron chi connectivity index (χ2n) is 9.07. The summed E-state index contributed by atoms with van der Waals surface area (Å²) in [4.78, 5) is 37.0. The standard InChI is InChI=1S/C25H32N4O2S2/c1-16-17(2)33-23-22(16)24(31)29(20-8-6-7-9-20)25(26-23)32-15-21(30)28(5)14-18-10-12-19(13-11-18)27(3)4/h10-13,20H,6-9,14-15H2,1-5H3. The Bertz CT molecular complexity index is 1210. The molecule has 2 aromatic heterocycles. The van der Waals surface area contributed by atoms with Crippen LogP contribution in [0.1, 0.15) is 47.7 Å². The molecular formula is C25H32N4O2S2. The van der Waals surface area contributed by atoms with E-state index in [1.54, 1.807) is 16.2 Å². The van der Waals surface area contributed by atoms with Crippen LogP contribution in [0.15, 0.2) is 34.2 Å². The summed E-state index contributed by atoms with van der Waals surface area (Å²) in [5.74, 6) is 0.294. The lowest BCUT2D eigenvalue weighted by Gasteiger charge is -2.20. The number of carbonyl (C=O) groups excluding carboxylic acids is 1. The summed E-state index contributed by atoms with van der Waals surface area (Å²) in [6.45, 7) is 4.60. The summed E-state index contributed by atoms with van der Waals surface area (Å²) in [5, 5.41) is 1.43. The normalized spacial score (nSPS) is 14.2. The second-order valence-corrected chi connectivity index (χ2v) is 11.2. The van der Waals surface area contributed by atoms with E-state index in [-0.39, 0.29) is 23.3 Å². The van der Waals surface area contributed by atoms with Crippen LogP contribution in [0.25, 0.3) is 10.2 Å². The van der Waals surface area contributed by atoms with Crippen LogP contribution < -0.4 is 10.5 Å². The van der Waals surface area contributed by atoms with Crippen LogP contribution in [0.4, 0.5) is 5.69 Å². The first kappa shape index (κ1) is 23.8. The molecule has 0 N–H and O–H groups in total. The molecule has 1 amide bonds. The van der Waals surface area contributed by atoms with Crippen molar-refractivity contribution >= 4 is 44.9 Å². The Morgan fingerprint density at radius 1 is 1.15 bits per heavy atom. The molecule has 1 saturated carbocycles. The number of thioether (sulfide) groups is 1. The van der Waals surface area contributed by atoms with Crippen molar-refractivity contribution in [3.05, 3.63) is 50.6 Å². The SMILES string of the molecule is Cc1sc2nc(SCC(=O)N(C)Cc3ccc(N(C)C)cc3)n(C3CCCC3)c(=O)c2c1C. The van der Waals surface area contributed by atoms with Crippen LogP contribution in [-0.4, -0.2) is 47.3 Å². The Kier molecular flexibility index (Phi) is 7.14. The smallest absolute Gasteiger partial charge is 0.263 e. The average Bonchev–Trinajstić information content (AvgIpc) is 3.40. The molecule has 1 aliphatic rings. The number of thiophene rings is 1. The van der Waals surface area contributed by atoms with E-state index in [0.29, 0.717) is 11.7 Å². The van der Waals surface area contributed by atoms with Crippen molar-refractivity contribution in [3.8, 4) is 0 Å². The molecule has 0 radical (unpaired) electrons. The van der Waals surface area contributed by atoms with Crippen molar-refractivity contribution in [1.82, 2.24) is 14.5 Å². The van der Waals surface area contributed by atoms with Gasteiger partial charge in [-0.2, -0.15) is 0 Å². The third kappa shape index (κ3) is 4.96. The van der Waals surface area contributed by atoms with E-state index in [9.17, 15) is 9.59 Å². The zero-order chi connectivity index (χ0) is 23.7. The van der Waals surface area contributed by atoms with Crippen molar-refractivity contribution in [2.24, 2.45) is 0 Å². The summed E-state index contributed by atoms with van der Waals surface area (Å²) >= 11 is 2.96. The fraction of sp³-hybridized carbons (Fsp3) is 0.480. The summed E-state index contributed by atoms with van der Waals surface area (Å²) in [7, 11) is 5.85. The van der Waals surface area contributed by atoms with Gasteiger partial charge in [0, 0.05) is 44.3 Å².